The number of β-lactam (4-membered cyclic amide) rings is 1. The molecule has 0 spiro atoms. The van der Waals surface area contributed by atoms with Crippen molar-refractivity contribution in [2.45, 2.75) is 12.1 Å². The molecule has 0 aromatic carbocycles. The molecule has 2 atom stereocenters. The molecule has 32 heavy (non-hydrogen) atoms. The maximum absolute atomic E-state index is 12.5. The van der Waals surface area contributed by atoms with Crippen molar-refractivity contribution in [2.75, 3.05) is 18.9 Å². The number of carboxylic acids is 1. The average molecular weight is 515 g/mol. The molecule has 1 fully saturated rings. The number of anilines is 1. The van der Waals surface area contributed by atoms with Crippen molar-refractivity contribution in [3.05, 3.63) is 5.82 Å². The monoisotopic (exact) mass is 515 g/mol. The number of oxime groups is 1. The van der Waals surface area contributed by atoms with E-state index in [-0.39, 0.29) is 74.4 Å². The second-order valence-electron chi connectivity index (χ2n) is 5.32. The van der Waals surface area contributed by atoms with E-state index in [1.807, 2.05) is 0 Å². The summed E-state index contributed by atoms with van der Waals surface area (Å²) in [6, 6.07) is -3.13. The Morgan fingerprint density at radius 3 is 2.41 bits per heavy atom. The molecule has 3 amide bonds. The van der Waals surface area contributed by atoms with E-state index >= 15 is 0 Å². The van der Waals surface area contributed by atoms with Gasteiger partial charge in [-0.05, 0) is 0 Å². The Hall–Kier alpha value is -1.58. The van der Waals surface area contributed by atoms with Gasteiger partial charge in [-0.3, -0.25) is 14.1 Å². The van der Waals surface area contributed by atoms with Crippen LogP contribution in [0.3, 0.4) is 0 Å². The summed E-state index contributed by atoms with van der Waals surface area (Å²) in [5.74, 6) is -4.23. The Balaban J connectivity index is 0.00000480. The number of nitrogen functional groups attached to an aromatic ring is 1. The number of primary amides is 1. The van der Waals surface area contributed by atoms with Gasteiger partial charge in [0.1, 0.15) is 18.7 Å². The summed E-state index contributed by atoms with van der Waals surface area (Å²) in [7, 11) is -5.03. The van der Waals surface area contributed by atoms with E-state index in [1.165, 1.54) is 0 Å². The van der Waals surface area contributed by atoms with Crippen LogP contribution in [0.2, 0.25) is 0 Å². The first kappa shape index (κ1) is 30.4. The summed E-state index contributed by atoms with van der Waals surface area (Å²) in [6.07, 6.45) is -1.30. The zero-order chi connectivity index (χ0) is 22.6. The first-order valence-electron chi connectivity index (χ1n) is 7.47. The second kappa shape index (κ2) is 12.6. The molecule has 1 saturated heterocycles. The van der Waals surface area contributed by atoms with Gasteiger partial charge in [-0.25, -0.2) is 13.9 Å². The number of amides is 3. The zero-order valence-corrected chi connectivity index (χ0v) is 16.1. The molecule has 0 saturated carbocycles. The normalized spacial score (nSPS) is 17.8. The Bertz CT molecular complexity index is 1020. The molecule has 0 bridgehead atoms. The van der Waals surface area contributed by atoms with E-state index in [2.05, 4.69) is 29.4 Å². The number of aliphatic carboxylic acids is 1. The first-order valence-corrected chi connectivity index (χ1v) is 9.64. The summed E-state index contributed by atoms with van der Waals surface area (Å²) in [6.45, 7) is -1.71. The fourth-order valence-corrected chi connectivity index (χ4v) is 3.47. The summed E-state index contributed by atoms with van der Waals surface area (Å²) in [5, 5.41) is 13.9. The van der Waals surface area contributed by atoms with Gasteiger partial charge in [0.25, 0.3) is 11.8 Å². The topological polar surface area (TPSA) is 267 Å². The molecule has 1 aromatic rings. The van der Waals surface area contributed by atoms with Gasteiger partial charge in [0, 0.05) is 11.5 Å². The molecule has 1 aromatic heterocycles. The Morgan fingerprint density at radius 2 is 1.94 bits per heavy atom. The van der Waals surface area contributed by atoms with E-state index in [0.29, 0.717) is 11.5 Å². The fourth-order valence-electron chi connectivity index (χ4n) is 2.17. The number of hydrogen-bond acceptors (Lipinski definition) is 13. The Labute approximate surface area is 227 Å². The minimum atomic E-state index is -5.03. The number of aromatic nitrogens is 2. The number of nitrogens with zero attached hydrogens (tertiary/aromatic N) is 4. The molecule has 168 valence electrons. The third-order valence-corrected chi connectivity index (χ3v) is 4.80. The van der Waals surface area contributed by atoms with Gasteiger partial charge in [-0.1, -0.05) is 5.16 Å². The van der Waals surface area contributed by atoms with Crippen molar-refractivity contribution < 1.29 is 46.8 Å². The van der Waals surface area contributed by atoms with Crippen LogP contribution in [-0.2, 0) is 34.3 Å². The summed E-state index contributed by atoms with van der Waals surface area (Å²) in [4.78, 5) is 54.1. The number of carboxylic acid groups (broad SMARTS) is 1. The van der Waals surface area contributed by atoms with Gasteiger partial charge in [-0.15, -0.1) is 0 Å². The van der Waals surface area contributed by atoms with Gasteiger partial charge < -0.3 is 31.5 Å². The van der Waals surface area contributed by atoms with E-state index < -0.39 is 65.2 Å². The quantitative estimate of drug-likeness (QED) is 0.0680. The predicted octanol–water partition coefficient (Wildman–Crippen LogP) is -4.78. The third-order valence-electron chi connectivity index (χ3n) is 3.31. The number of rotatable bonds is 9. The van der Waals surface area contributed by atoms with Crippen molar-refractivity contribution in [1.82, 2.24) is 19.0 Å². The van der Waals surface area contributed by atoms with E-state index in [4.69, 9.17) is 21.1 Å². The predicted molar refractivity (Wildman–Crippen MR) is 108 cm³/mol. The maximum atomic E-state index is 12.5. The van der Waals surface area contributed by atoms with Crippen LogP contribution in [0.1, 0.15) is 5.82 Å². The summed E-state index contributed by atoms with van der Waals surface area (Å²) in [5.41, 5.74) is 9.52. The average Bonchev–Trinajstić information content (AvgIpc) is 3.04. The van der Waals surface area contributed by atoms with Gasteiger partial charge in [-0.2, -0.15) is 17.8 Å². The van der Waals surface area contributed by atoms with Crippen molar-refractivity contribution in [3.8, 4) is 0 Å². The van der Waals surface area contributed by atoms with Crippen molar-refractivity contribution in [2.24, 2.45) is 10.9 Å². The van der Waals surface area contributed by atoms with Crippen molar-refractivity contribution >= 4 is 116 Å². The van der Waals surface area contributed by atoms with Crippen LogP contribution < -0.4 is 16.8 Å². The van der Waals surface area contributed by atoms with Gasteiger partial charge in [0.2, 0.25) is 18.1 Å². The Kier molecular flexibility index (Phi) is 12.0. The van der Waals surface area contributed by atoms with Crippen LogP contribution in [-0.4, -0.2) is 146 Å². The van der Waals surface area contributed by atoms with Crippen molar-refractivity contribution in [1.29, 1.82) is 0 Å². The van der Waals surface area contributed by atoms with Crippen molar-refractivity contribution in [3.63, 3.8) is 0 Å². The number of carbonyl (C=O) groups is 4. The number of hydrogen-bond donors (Lipinski definition) is 5. The van der Waals surface area contributed by atoms with Gasteiger partial charge in [0.05, 0.1) is 0 Å². The molecule has 2 heterocycles. The minimum absolute atomic E-state index is 0. The van der Waals surface area contributed by atoms with Crippen LogP contribution in [0.4, 0.5) is 9.93 Å². The summed E-state index contributed by atoms with van der Waals surface area (Å²) < 4.78 is 39.9. The molecule has 0 aliphatic carbocycles. The molecule has 2 rings (SSSR count). The molecular weight excluding hydrogens is 500 g/mol. The molecule has 0 unspecified atom stereocenters. The molecule has 1 aliphatic heterocycles. The van der Waals surface area contributed by atoms with E-state index in [9.17, 15) is 27.6 Å². The van der Waals surface area contributed by atoms with Gasteiger partial charge >= 0.3 is 81.5 Å². The van der Waals surface area contributed by atoms with Crippen LogP contribution in [0.25, 0.3) is 0 Å². The number of carbonyl (C=O) groups excluding carboxylic acids is 3. The Morgan fingerprint density at radius 1 is 1.31 bits per heavy atom. The molecule has 17 nitrogen and oxygen atoms in total. The molecule has 0 radical (unpaired) electrons. The van der Waals surface area contributed by atoms with Crippen LogP contribution in [0.5, 0.6) is 0 Å². The molecule has 1 aliphatic rings. The van der Waals surface area contributed by atoms with E-state index in [1.54, 1.807) is 0 Å². The molecule has 21 heteroatoms. The van der Waals surface area contributed by atoms with Crippen LogP contribution in [0, 0.1) is 0 Å². The first-order chi connectivity index (χ1) is 13.9. The molecule has 7 N–H and O–H groups in total. The van der Waals surface area contributed by atoms with Crippen LogP contribution >= 0.6 is 11.5 Å². The standard InChI is InChI=1S/C11H13N7O10S2.2Na.2H/c12-10-15-7(17-29-10)6(16-28-2-4(19)20)8(21)14-5-3(1-27-11(13)23)18(9(5)22)30(24,25)26;;;;/h3,5H,1-2H2,(H2,13,23)(H,14,21)(H,19,20)(H2,12,15,17)(H,24,25,26);;;;/b16-6-;;;;/t3-,5+;;;;/m1..../s1. The third kappa shape index (κ3) is 7.78. The molecular formula is C11H15N7Na2O10S2. The second-order valence-corrected chi connectivity index (χ2v) is 7.40. The summed E-state index contributed by atoms with van der Waals surface area (Å²) >= 11 is 0.670. The van der Waals surface area contributed by atoms with Crippen LogP contribution in [0.15, 0.2) is 5.16 Å². The zero-order valence-electron chi connectivity index (χ0n) is 14.5. The number of nitrogens with one attached hydrogen (secondary N) is 1. The SMILES string of the molecule is NC(=O)OC[C@@H]1[C@H](NC(=O)/C(=N\OCC(=O)O)c2nsc(N)n2)C(=O)N1S(=O)(=O)O.[NaH].[NaH]. The fraction of sp³-hybridized carbons (Fsp3) is 0.364. The van der Waals surface area contributed by atoms with E-state index in [0.717, 1.165) is 0 Å². The van der Waals surface area contributed by atoms with Gasteiger partial charge in [0.15, 0.2) is 5.13 Å². The number of nitrogens with two attached hydrogens (primary N) is 2. The number of ether oxygens (including phenoxy) is 1.